The lowest BCUT2D eigenvalue weighted by atomic mass is 10.1. The Balaban J connectivity index is 0.00000261. The van der Waals surface area contributed by atoms with E-state index in [4.69, 9.17) is 0 Å². The molecule has 0 bridgehead atoms. The lowest BCUT2D eigenvalue weighted by molar-refractivity contribution is 0.581. The molecule has 1 heterocycles. The number of thioether (sulfide) groups is 1. The molecular formula is C18H29IN4O2S2. The van der Waals surface area contributed by atoms with Gasteiger partial charge in [0.1, 0.15) is 0 Å². The number of benzene rings is 1. The van der Waals surface area contributed by atoms with E-state index >= 15 is 0 Å². The second-order valence-electron chi connectivity index (χ2n) is 7.22. The quantitative estimate of drug-likeness (QED) is 0.290. The molecule has 1 atom stereocenters. The van der Waals surface area contributed by atoms with Crippen LogP contribution in [0.3, 0.4) is 0 Å². The minimum atomic E-state index is -3.38. The molecule has 1 aliphatic heterocycles. The molecule has 1 saturated carbocycles. The Hall–Kier alpha value is -0.520. The average molecular weight is 524 g/mol. The highest BCUT2D eigenvalue weighted by Crippen LogP contribution is 2.36. The van der Waals surface area contributed by atoms with Crippen LogP contribution in [0, 0.1) is 0 Å². The predicted octanol–water partition coefficient (Wildman–Crippen LogP) is 2.70. The van der Waals surface area contributed by atoms with Gasteiger partial charge in [0, 0.05) is 30.9 Å². The molecule has 1 aromatic carbocycles. The maximum Gasteiger partial charge on any atom is 0.240 e. The molecule has 2 aliphatic rings. The maximum absolute atomic E-state index is 12.2. The fourth-order valence-corrected chi connectivity index (χ4v) is 5.48. The van der Waals surface area contributed by atoms with Gasteiger partial charge in [-0.3, -0.25) is 4.99 Å². The Morgan fingerprint density at radius 1 is 1.26 bits per heavy atom. The summed E-state index contributed by atoms with van der Waals surface area (Å²) in [6.45, 7) is 3.78. The van der Waals surface area contributed by atoms with Gasteiger partial charge in [0.25, 0.3) is 0 Å². The number of guanidine groups is 1. The number of aliphatic imine (C=N–C) groups is 1. The Labute approximate surface area is 183 Å². The van der Waals surface area contributed by atoms with Crippen molar-refractivity contribution in [3.63, 3.8) is 0 Å². The van der Waals surface area contributed by atoms with Crippen molar-refractivity contribution in [2.75, 3.05) is 19.3 Å². The van der Waals surface area contributed by atoms with Crippen LogP contribution in [0.4, 0.5) is 0 Å². The molecule has 1 aromatic rings. The summed E-state index contributed by atoms with van der Waals surface area (Å²) >= 11 is 2.02. The summed E-state index contributed by atoms with van der Waals surface area (Å²) in [7, 11) is -1.62. The van der Waals surface area contributed by atoms with E-state index in [2.05, 4.69) is 27.3 Å². The monoisotopic (exact) mass is 524 g/mol. The van der Waals surface area contributed by atoms with Gasteiger partial charge in [-0.15, -0.1) is 24.0 Å². The van der Waals surface area contributed by atoms with Crippen LogP contribution in [-0.2, 0) is 16.6 Å². The first-order valence-corrected chi connectivity index (χ1v) is 11.6. The number of nitrogens with zero attached hydrogens (tertiary/aromatic N) is 1. The molecule has 9 heteroatoms. The Kier molecular flexibility index (Phi) is 8.26. The largest absolute Gasteiger partial charge is 0.355 e. The smallest absolute Gasteiger partial charge is 0.240 e. The van der Waals surface area contributed by atoms with Gasteiger partial charge in [-0.25, -0.2) is 13.1 Å². The van der Waals surface area contributed by atoms with E-state index in [1.165, 1.54) is 18.6 Å². The van der Waals surface area contributed by atoms with Gasteiger partial charge < -0.3 is 10.6 Å². The molecule has 0 spiro atoms. The molecule has 0 amide bonds. The zero-order chi connectivity index (χ0) is 18.6. The van der Waals surface area contributed by atoms with Gasteiger partial charge in [0.2, 0.25) is 10.0 Å². The van der Waals surface area contributed by atoms with Gasteiger partial charge in [-0.05, 0) is 56.1 Å². The molecule has 1 aliphatic carbocycles. The summed E-state index contributed by atoms with van der Waals surface area (Å²) in [4.78, 5) is 4.59. The van der Waals surface area contributed by atoms with E-state index in [1.807, 2.05) is 23.9 Å². The first-order valence-electron chi connectivity index (χ1n) is 9.10. The van der Waals surface area contributed by atoms with Gasteiger partial charge in [-0.2, -0.15) is 11.8 Å². The molecule has 0 radical (unpaired) electrons. The van der Waals surface area contributed by atoms with Crippen molar-refractivity contribution in [1.82, 2.24) is 15.4 Å². The highest BCUT2D eigenvalue weighted by atomic mass is 127. The van der Waals surface area contributed by atoms with Crippen molar-refractivity contribution < 1.29 is 8.42 Å². The number of hydrogen-bond donors (Lipinski definition) is 3. The standard InChI is InChI=1S/C18H28N4O2S2.HI/c1-18(10-3-11-25-18)13-21-17(19-2)20-12-14-4-8-16(9-5-14)26(23,24)22-15-6-7-15;/h4-5,8-9,15,22H,3,6-7,10-13H2,1-2H3,(H2,19,20,21);1H. The van der Waals surface area contributed by atoms with E-state index in [-0.39, 0.29) is 34.8 Å². The lowest BCUT2D eigenvalue weighted by Crippen LogP contribution is -2.43. The van der Waals surface area contributed by atoms with Gasteiger partial charge in [-0.1, -0.05) is 12.1 Å². The first kappa shape index (κ1) is 22.8. The summed E-state index contributed by atoms with van der Waals surface area (Å²) in [5.74, 6) is 2.00. The van der Waals surface area contributed by atoms with Gasteiger partial charge in [0.05, 0.1) is 4.90 Å². The third-order valence-electron chi connectivity index (χ3n) is 4.75. The Bertz CT molecular complexity index is 743. The number of rotatable bonds is 7. The summed E-state index contributed by atoms with van der Waals surface area (Å²) in [6, 6.07) is 7.13. The SMILES string of the molecule is CN=C(NCc1ccc(S(=O)(=O)NC2CC2)cc1)NCC1(C)CCCS1.I. The third kappa shape index (κ3) is 6.79. The van der Waals surface area contributed by atoms with Crippen LogP contribution < -0.4 is 15.4 Å². The molecule has 0 aromatic heterocycles. The summed E-state index contributed by atoms with van der Waals surface area (Å²) in [5, 5.41) is 6.69. The van der Waals surface area contributed by atoms with Crippen LogP contribution in [0.25, 0.3) is 0 Å². The van der Waals surface area contributed by atoms with Crippen molar-refractivity contribution >= 4 is 51.7 Å². The maximum atomic E-state index is 12.2. The molecule has 3 N–H and O–H groups in total. The predicted molar refractivity (Wildman–Crippen MR) is 123 cm³/mol. The van der Waals surface area contributed by atoms with E-state index < -0.39 is 10.0 Å². The Morgan fingerprint density at radius 2 is 1.96 bits per heavy atom. The number of sulfonamides is 1. The molecule has 1 saturated heterocycles. The van der Waals surface area contributed by atoms with Crippen molar-refractivity contribution in [1.29, 1.82) is 0 Å². The van der Waals surface area contributed by atoms with Gasteiger partial charge >= 0.3 is 0 Å². The van der Waals surface area contributed by atoms with E-state index in [9.17, 15) is 8.42 Å². The summed E-state index contributed by atoms with van der Waals surface area (Å²) < 4.78 is 27.4. The number of halogens is 1. The topological polar surface area (TPSA) is 82.6 Å². The van der Waals surface area contributed by atoms with Gasteiger partial charge in [0.15, 0.2) is 5.96 Å². The molecule has 152 valence electrons. The minimum Gasteiger partial charge on any atom is -0.355 e. The second-order valence-corrected chi connectivity index (χ2v) is 10.6. The molecular weight excluding hydrogens is 495 g/mol. The van der Waals surface area contributed by atoms with Crippen LogP contribution in [0.15, 0.2) is 34.2 Å². The first-order chi connectivity index (χ1) is 12.4. The van der Waals surface area contributed by atoms with Crippen LogP contribution in [0.1, 0.15) is 38.2 Å². The molecule has 1 unspecified atom stereocenters. The van der Waals surface area contributed by atoms with Crippen LogP contribution in [0.5, 0.6) is 0 Å². The summed E-state index contributed by atoms with van der Waals surface area (Å²) in [6.07, 6.45) is 4.38. The summed E-state index contributed by atoms with van der Waals surface area (Å²) in [5.41, 5.74) is 1.01. The lowest BCUT2D eigenvalue weighted by Gasteiger charge is -2.24. The van der Waals surface area contributed by atoms with E-state index in [0.717, 1.165) is 30.9 Å². The number of nitrogens with one attached hydrogen (secondary N) is 3. The van der Waals surface area contributed by atoms with Crippen molar-refractivity contribution in [3.05, 3.63) is 29.8 Å². The average Bonchev–Trinajstić information content (AvgIpc) is 3.32. The fourth-order valence-electron chi connectivity index (χ4n) is 2.93. The van der Waals surface area contributed by atoms with Crippen LogP contribution in [-0.4, -0.2) is 44.5 Å². The van der Waals surface area contributed by atoms with E-state index in [1.54, 1.807) is 19.2 Å². The fraction of sp³-hybridized carbons (Fsp3) is 0.611. The third-order valence-corrected chi connectivity index (χ3v) is 7.82. The molecule has 6 nitrogen and oxygen atoms in total. The number of hydrogen-bond acceptors (Lipinski definition) is 4. The van der Waals surface area contributed by atoms with Crippen molar-refractivity contribution in [2.24, 2.45) is 4.99 Å². The van der Waals surface area contributed by atoms with Crippen molar-refractivity contribution in [2.45, 2.75) is 54.8 Å². The van der Waals surface area contributed by atoms with Crippen molar-refractivity contribution in [3.8, 4) is 0 Å². The van der Waals surface area contributed by atoms with Crippen LogP contribution >= 0.6 is 35.7 Å². The molecule has 27 heavy (non-hydrogen) atoms. The minimum absolute atomic E-state index is 0. The molecule has 2 fully saturated rings. The highest BCUT2D eigenvalue weighted by Gasteiger charge is 2.29. The zero-order valence-electron chi connectivity index (χ0n) is 15.8. The Morgan fingerprint density at radius 3 is 2.52 bits per heavy atom. The highest BCUT2D eigenvalue weighted by molar-refractivity contribution is 14.0. The second kappa shape index (κ2) is 9.80. The zero-order valence-corrected chi connectivity index (χ0v) is 19.8. The normalized spacial score (nSPS) is 23.0. The van der Waals surface area contributed by atoms with Crippen LogP contribution in [0.2, 0.25) is 0 Å². The van der Waals surface area contributed by atoms with E-state index in [0.29, 0.717) is 11.4 Å². The molecule has 3 rings (SSSR count).